The molecule has 1 aliphatic heterocycles. The number of nitrogens with zero attached hydrogens (tertiary/aromatic N) is 1. The second-order valence-electron chi connectivity index (χ2n) is 7.07. The van der Waals surface area contributed by atoms with Crippen LogP contribution in [0.4, 0.5) is 10.1 Å². The molecule has 1 aliphatic rings. The molecule has 0 aliphatic carbocycles. The van der Waals surface area contributed by atoms with Gasteiger partial charge in [-0.05, 0) is 85.1 Å². The van der Waals surface area contributed by atoms with Crippen LogP contribution in [0.1, 0.15) is 43.5 Å². The van der Waals surface area contributed by atoms with Crippen LogP contribution in [0.15, 0.2) is 51.8 Å². The van der Waals surface area contributed by atoms with Gasteiger partial charge in [0.25, 0.3) is 5.91 Å². The highest BCUT2D eigenvalue weighted by atomic mass is 79.9. The molecule has 28 heavy (non-hydrogen) atoms. The zero-order chi connectivity index (χ0) is 20.5. The van der Waals surface area contributed by atoms with Gasteiger partial charge in [0.05, 0.1) is 10.5 Å². The van der Waals surface area contributed by atoms with Crippen molar-refractivity contribution in [1.29, 1.82) is 0 Å². The molecule has 1 fully saturated rings. The Bertz CT molecular complexity index is 969. The topological polar surface area (TPSA) is 66.5 Å². The number of rotatable bonds is 4. The van der Waals surface area contributed by atoms with Crippen molar-refractivity contribution in [2.45, 2.75) is 50.1 Å². The van der Waals surface area contributed by atoms with Gasteiger partial charge in [0.15, 0.2) is 0 Å². The third kappa shape index (κ3) is 4.29. The zero-order valence-electron chi connectivity index (χ0n) is 15.7. The van der Waals surface area contributed by atoms with Gasteiger partial charge >= 0.3 is 0 Å². The lowest BCUT2D eigenvalue weighted by molar-refractivity contribution is 0.102. The number of hydrogen-bond donors (Lipinski definition) is 1. The second kappa shape index (κ2) is 8.31. The molecule has 1 N–H and O–H groups in total. The Hall–Kier alpha value is -1.77. The molecule has 2 aromatic carbocycles. The Morgan fingerprint density at radius 1 is 1.11 bits per heavy atom. The zero-order valence-corrected chi connectivity index (χ0v) is 18.1. The number of benzene rings is 2. The van der Waals surface area contributed by atoms with Crippen molar-refractivity contribution in [3.05, 3.63) is 58.3 Å². The third-order valence-electron chi connectivity index (χ3n) is 4.98. The number of sulfonamides is 1. The van der Waals surface area contributed by atoms with E-state index in [9.17, 15) is 17.6 Å². The normalized spacial score (nSPS) is 20.7. The van der Waals surface area contributed by atoms with Crippen LogP contribution in [0.5, 0.6) is 0 Å². The van der Waals surface area contributed by atoms with Gasteiger partial charge in [-0.2, -0.15) is 4.31 Å². The van der Waals surface area contributed by atoms with Gasteiger partial charge < -0.3 is 5.32 Å². The molecule has 150 valence electrons. The third-order valence-corrected chi connectivity index (χ3v) is 7.77. The Morgan fingerprint density at radius 3 is 2.29 bits per heavy atom. The first-order chi connectivity index (χ1) is 13.2. The highest BCUT2D eigenvalue weighted by molar-refractivity contribution is 9.10. The molecule has 0 aromatic heterocycles. The molecule has 5 nitrogen and oxygen atoms in total. The molecule has 3 rings (SSSR count). The fraction of sp³-hybridized carbons (Fsp3) is 0.350. The number of carbonyl (C=O) groups is 1. The van der Waals surface area contributed by atoms with E-state index in [-0.39, 0.29) is 22.5 Å². The van der Waals surface area contributed by atoms with Gasteiger partial charge in [0.1, 0.15) is 5.82 Å². The largest absolute Gasteiger partial charge is 0.322 e. The van der Waals surface area contributed by atoms with Crippen molar-refractivity contribution in [3.63, 3.8) is 0 Å². The molecule has 1 heterocycles. The molecular formula is C20H22BrFN2O3S. The number of anilines is 1. The molecule has 0 radical (unpaired) electrons. The minimum Gasteiger partial charge on any atom is -0.322 e. The first-order valence-electron chi connectivity index (χ1n) is 9.10. The van der Waals surface area contributed by atoms with Crippen LogP contribution in [0.25, 0.3) is 0 Å². The van der Waals surface area contributed by atoms with Crippen LogP contribution < -0.4 is 5.32 Å². The predicted octanol–water partition coefficient (Wildman–Crippen LogP) is 4.79. The maximum absolute atomic E-state index is 13.2. The van der Waals surface area contributed by atoms with Crippen LogP contribution in [-0.2, 0) is 10.0 Å². The van der Waals surface area contributed by atoms with Crippen LogP contribution in [0.3, 0.4) is 0 Å². The van der Waals surface area contributed by atoms with Crippen LogP contribution in [0, 0.1) is 5.82 Å². The maximum Gasteiger partial charge on any atom is 0.256 e. The van der Waals surface area contributed by atoms with Gasteiger partial charge in [-0.25, -0.2) is 12.8 Å². The molecule has 2 unspecified atom stereocenters. The Balaban J connectivity index is 1.78. The summed E-state index contributed by atoms with van der Waals surface area (Å²) in [6.07, 6.45) is 2.73. The van der Waals surface area contributed by atoms with E-state index >= 15 is 0 Å². The second-order valence-corrected chi connectivity index (χ2v) is 9.76. The van der Waals surface area contributed by atoms with E-state index in [1.165, 1.54) is 30.3 Å². The number of halogens is 2. The molecule has 1 saturated heterocycles. The lowest BCUT2D eigenvalue weighted by Gasteiger charge is -2.37. The van der Waals surface area contributed by atoms with Gasteiger partial charge in [-0.1, -0.05) is 6.42 Å². The highest BCUT2D eigenvalue weighted by Crippen LogP contribution is 2.30. The first-order valence-corrected chi connectivity index (χ1v) is 11.3. The number of amides is 1. The molecular weight excluding hydrogens is 447 g/mol. The average Bonchev–Trinajstić information content (AvgIpc) is 2.61. The number of nitrogens with one attached hydrogen (secondary N) is 1. The molecule has 2 aromatic rings. The van der Waals surface area contributed by atoms with Crippen LogP contribution in [-0.4, -0.2) is 30.7 Å². The SMILES string of the molecule is CC1CCCC(C)N1S(=O)(=O)c1ccc(NC(=O)c2ccc(F)cc2Br)cc1. The number of carbonyl (C=O) groups excluding carboxylic acids is 1. The van der Waals surface area contributed by atoms with Crippen LogP contribution in [0.2, 0.25) is 0 Å². The fourth-order valence-corrected chi connectivity index (χ4v) is 5.99. The summed E-state index contributed by atoms with van der Waals surface area (Å²) in [4.78, 5) is 12.6. The van der Waals surface area contributed by atoms with Crippen molar-refractivity contribution in [3.8, 4) is 0 Å². The monoisotopic (exact) mass is 468 g/mol. The predicted molar refractivity (Wildman–Crippen MR) is 110 cm³/mol. The maximum atomic E-state index is 13.2. The Kier molecular flexibility index (Phi) is 6.21. The summed E-state index contributed by atoms with van der Waals surface area (Å²) in [6, 6.07) is 9.84. The van der Waals surface area contributed by atoms with E-state index < -0.39 is 21.7 Å². The summed E-state index contributed by atoms with van der Waals surface area (Å²) in [5.41, 5.74) is 0.744. The minimum absolute atomic E-state index is 0.0380. The Morgan fingerprint density at radius 2 is 1.71 bits per heavy atom. The molecule has 0 spiro atoms. The summed E-state index contributed by atoms with van der Waals surface area (Å²) < 4.78 is 41.2. The standard InChI is InChI=1S/C20H22BrFN2O3S/c1-13-4-3-5-14(2)24(13)28(26,27)17-9-7-16(8-10-17)23-20(25)18-11-6-15(22)12-19(18)21/h6-14H,3-5H2,1-2H3,(H,23,25). The lowest BCUT2D eigenvalue weighted by atomic mass is 10.0. The summed E-state index contributed by atoms with van der Waals surface area (Å²) in [7, 11) is -3.60. The number of piperidine rings is 1. The summed E-state index contributed by atoms with van der Waals surface area (Å²) in [6.45, 7) is 3.87. The first kappa shape index (κ1) is 21.0. The van der Waals surface area contributed by atoms with Crippen LogP contribution >= 0.6 is 15.9 Å². The van der Waals surface area contributed by atoms with Crippen molar-refractivity contribution in [2.24, 2.45) is 0 Å². The van der Waals surface area contributed by atoms with Gasteiger partial charge in [0.2, 0.25) is 10.0 Å². The molecule has 8 heteroatoms. The van der Waals surface area contributed by atoms with Gasteiger partial charge in [-0.3, -0.25) is 4.79 Å². The molecule has 1 amide bonds. The average molecular weight is 469 g/mol. The smallest absolute Gasteiger partial charge is 0.256 e. The quantitative estimate of drug-likeness (QED) is 0.700. The van der Waals surface area contributed by atoms with Crippen molar-refractivity contribution in [2.75, 3.05) is 5.32 Å². The summed E-state index contributed by atoms with van der Waals surface area (Å²) in [5, 5.41) is 2.69. The summed E-state index contributed by atoms with van der Waals surface area (Å²) in [5.74, 6) is -0.861. The number of hydrogen-bond acceptors (Lipinski definition) is 3. The van der Waals surface area contributed by atoms with E-state index in [4.69, 9.17) is 0 Å². The molecule has 0 bridgehead atoms. The van der Waals surface area contributed by atoms with Crippen molar-refractivity contribution in [1.82, 2.24) is 4.31 Å². The minimum atomic E-state index is -3.60. The molecule has 0 saturated carbocycles. The van der Waals surface area contributed by atoms with E-state index in [2.05, 4.69) is 21.2 Å². The van der Waals surface area contributed by atoms with E-state index in [0.29, 0.717) is 10.2 Å². The highest BCUT2D eigenvalue weighted by Gasteiger charge is 2.35. The summed E-state index contributed by atoms with van der Waals surface area (Å²) >= 11 is 3.17. The van der Waals surface area contributed by atoms with Gasteiger partial charge in [0, 0.05) is 22.2 Å². The van der Waals surface area contributed by atoms with E-state index in [1.54, 1.807) is 16.4 Å². The lowest BCUT2D eigenvalue weighted by Crippen LogP contribution is -2.47. The van der Waals surface area contributed by atoms with Crippen molar-refractivity contribution < 1.29 is 17.6 Å². The van der Waals surface area contributed by atoms with Gasteiger partial charge in [-0.15, -0.1) is 0 Å². The Labute approximate surface area is 173 Å². The fourth-order valence-electron chi connectivity index (χ4n) is 3.58. The van der Waals surface area contributed by atoms with Crippen molar-refractivity contribution >= 4 is 37.5 Å². The van der Waals surface area contributed by atoms with E-state index in [0.717, 1.165) is 19.3 Å². The molecule has 2 atom stereocenters. The van der Waals surface area contributed by atoms with E-state index in [1.807, 2.05) is 13.8 Å².